The predicted molar refractivity (Wildman–Crippen MR) is 59.1 cm³/mol. The summed E-state index contributed by atoms with van der Waals surface area (Å²) < 4.78 is 21.8. The first-order chi connectivity index (χ1) is 6.49. The van der Waals surface area contributed by atoms with Crippen LogP contribution in [0, 0.1) is 5.92 Å². The maximum Gasteiger partial charge on any atom is 0.148 e. The first-order valence-electron chi connectivity index (χ1n) is 5.40. The van der Waals surface area contributed by atoms with Crippen LogP contribution in [0.15, 0.2) is 0 Å². The molecule has 1 atom stereocenters. The fraction of sp³-hybridized carbons (Fsp3) is 1.00. The molecular formula is C10H21NO2S. The molecule has 14 heavy (non-hydrogen) atoms. The topological polar surface area (TPSA) is 46.2 Å². The quantitative estimate of drug-likeness (QED) is 0.756. The van der Waals surface area contributed by atoms with E-state index < -0.39 is 9.84 Å². The molecule has 0 spiro atoms. The van der Waals surface area contributed by atoms with Crippen molar-refractivity contribution in [2.24, 2.45) is 5.92 Å². The van der Waals surface area contributed by atoms with Crippen molar-refractivity contribution in [1.29, 1.82) is 0 Å². The average Bonchev–Trinajstić information content (AvgIpc) is 2.53. The zero-order chi connectivity index (χ0) is 10.6. The van der Waals surface area contributed by atoms with Gasteiger partial charge in [-0.15, -0.1) is 0 Å². The van der Waals surface area contributed by atoms with Crippen molar-refractivity contribution in [2.45, 2.75) is 38.6 Å². The van der Waals surface area contributed by atoms with Crippen molar-refractivity contribution < 1.29 is 8.42 Å². The Morgan fingerprint density at radius 2 is 1.93 bits per heavy atom. The van der Waals surface area contributed by atoms with Crippen LogP contribution in [0.3, 0.4) is 0 Å². The molecule has 0 amide bonds. The van der Waals surface area contributed by atoms with E-state index in [4.69, 9.17) is 0 Å². The summed E-state index contributed by atoms with van der Waals surface area (Å²) >= 11 is 0. The van der Waals surface area contributed by atoms with Crippen LogP contribution in [0.5, 0.6) is 0 Å². The van der Waals surface area contributed by atoms with Crippen LogP contribution in [-0.2, 0) is 9.84 Å². The van der Waals surface area contributed by atoms with E-state index in [-0.39, 0.29) is 5.75 Å². The van der Waals surface area contributed by atoms with Gasteiger partial charge in [-0.3, -0.25) is 0 Å². The summed E-state index contributed by atoms with van der Waals surface area (Å²) in [4.78, 5) is 0. The number of hydrogen-bond donors (Lipinski definition) is 1. The lowest BCUT2D eigenvalue weighted by atomic mass is 10.00. The summed E-state index contributed by atoms with van der Waals surface area (Å²) in [5, 5.41) is 3.30. The van der Waals surface area contributed by atoms with Gasteiger partial charge in [0.15, 0.2) is 0 Å². The standard InChI is InChI=1S/C10H21NO2S/c1-9(10-5-3-4-6-10)11-7-8-14(2,12)13/h9-11H,3-8H2,1-2H3. The van der Waals surface area contributed by atoms with Crippen LogP contribution >= 0.6 is 0 Å². The molecule has 0 aromatic rings. The monoisotopic (exact) mass is 219 g/mol. The first kappa shape index (κ1) is 12.0. The maximum atomic E-state index is 10.9. The molecule has 0 aromatic heterocycles. The Kier molecular flexibility index (Phi) is 4.38. The summed E-state index contributed by atoms with van der Waals surface area (Å²) in [5.41, 5.74) is 0. The third-order valence-corrected chi connectivity index (χ3v) is 3.99. The molecule has 1 saturated carbocycles. The zero-order valence-corrected chi connectivity index (χ0v) is 9.94. The van der Waals surface area contributed by atoms with Gasteiger partial charge in [0.25, 0.3) is 0 Å². The minimum atomic E-state index is -2.81. The van der Waals surface area contributed by atoms with Crippen LogP contribution in [0.1, 0.15) is 32.6 Å². The highest BCUT2D eigenvalue weighted by molar-refractivity contribution is 7.90. The van der Waals surface area contributed by atoms with Crippen molar-refractivity contribution >= 4 is 9.84 Å². The molecule has 0 heterocycles. The van der Waals surface area contributed by atoms with Gasteiger partial charge in [0.2, 0.25) is 0 Å². The largest absolute Gasteiger partial charge is 0.313 e. The number of sulfone groups is 1. The highest BCUT2D eigenvalue weighted by Crippen LogP contribution is 2.27. The first-order valence-corrected chi connectivity index (χ1v) is 7.46. The lowest BCUT2D eigenvalue weighted by Crippen LogP contribution is -2.35. The van der Waals surface area contributed by atoms with Gasteiger partial charge < -0.3 is 5.32 Å². The maximum absolute atomic E-state index is 10.9. The smallest absolute Gasteiger partial charge is 0.148 e. The Balaban J connectivity index is 2.17. The number of rotatable bonds is 5. The molecule has 0 bridgehead atoms. The van der Waals surface area contributed by atoms with Crippen molar-refractivity contribution in [1.82, 2.24) is 5.32 Å². The van der Waals surface area contributed by atoms with Gasteiger partial charge in [0, 0.05) is 18.8 Å². The Bertz CT molecular complexity index is 255. The molecule has 1 fully saturated rings. The lowest BCUT2D eigenvalue weighted by molar-refractivity contribution is 0.389. The van der Waals surface area contributed by atoms with Crippen LogP contribution in [0.25, 0.3) is 0 Å². The molecule has 0 radical (unpaired) electrons. The van der Waals surface area contributed by atoms with Gasteiger partial charge in [0.1, 0.15) is 9.84 Å². The Hall–Kier alpha value is -0.0900. The van der Waals surface area contributed by atoms with E-state index in [0.717, 1.165) is 5.92 Å². The summed E-state index contributed by atoms with van der Waals surface area (Å²) in [5.74, 6) is 1.01. The molecule has 0 aliphatic heterocycles. The fourth-order valence-corrected chi connectivity index (χ4v) is 2.58. The molecule has 1 rings (SSSR count). The molecule has 84 valence electrons. The second-order valence-corrected chi connectivity index (χ2v) is 6.68. The van der Waals surface area contributed by atoms with Gasteiger partial charge >= 0.3 is 0 Å². The molecule has 4 heteroatoms. The van der Waals surface area contributed by atoms with Crippen molar-refractivity contribution in [3.63, 3.8) is 0 Å². The van der Waals surface area contributed by atoms with Crippen molar-refractivity contribution in [3.05, 3.63) is 0 Å². The molecule has 3 nitrogen and oxygen atoms in total. The van der Waals surface area contributed by atoms with Crippen LogP contribution in [0.4, 0.5) is 0 Å². The Labute approximate surface area is 87.2 Å². The Morgan fingerprint density at radius 3 is 2.43 bits per heavy atom. The summed E-state index contributed by atoms with van der Waals surface area (Å²) in [6.45, 7) is 2.76. The third kappa shape index (κ3) is 4.42. The highest BCUT2D eigenvalue weighted by Gasteiger charge is 2.20. The summed E-state index contributed by atoms with van der Waals surface area (Å²) in [6.07, 6.45) is 6.56. The Morgan fingerprint density at radius 1 is 1.36 bits per heavy atom. The van der Waals surface area contributed by atoms with Crippen LogP contribution < -0.4 is 5.32 Å². The molecular weight excluding hydrogens is 198 g/mol. The molecule has 1 N–H and O–H groups in total. The van der Waals surface area contributed by atoms with Gasteiger partial charge in [-0.25, -0.2) is 8.42 Å². The highest BCUT2D eigenvalue weighted by atomic mass is 32.2. The summed E-state index contributed by atoms with van der Waals surface area (Å²) in [6, 6.07) is 0.472. The van der Waals surface area contributed by atoms with Crippen molar-refractivity contribution in [2.75, 3.05) is 18.6 Å². The lowest BCUT2D eigenvalue weighted by Gasteiger charge is -2.19. The van der Waals surface area contributed by atoms with Crippen LogP contribution in [-0.4, -0.2) is 33.0 Å². The molecule has 0 saturated heterocycles. The van der Waals surface area contributed by atoms with Gasteiger partial charge in [0.05, 0.1) is 5.75 Å². The van der Waals surface area contributed by atoms with Gasteiger partial charge in [-0.2, -0.15) is 0 Å². The molecule has 0 aromatic carbocycles. The van der Waals surface area contributed by atoms with E-state index in [1.807, 2.05) is 0 Å². The third-order valence-electron chi connectivity index (χ3n) is 3.05. The van der Waals surface area contributed by atoms with Crippen molar-refractivity contribution in [3.8, 4) is 0 Å². The van der Waals surface area contributed by atoms with Gasteiger partial charge in [-0.1, -0.05) is 12.8 Å². The minimum absolute atomic E-state index is 0.254. The van der Waals surface area contributed by atoms with E-state index in [1.54, 1.807) is 0 Å². The van der Waals surface area contributed by atoms with E-state index in [2.05, 4.69) is 12.2 Å². The average molecular weight is 219 g/mol. The normalized spacial score (nSPS) is 21.3. The zero-order valence-electron chi connectivity index (χ0n) is 9.12. The summed E-state index contributed by atoms with van der Waals surface area (Å²) in [7, 11) is -2.81. The van der Waals surface area contributed by atoms with Gasteiger partial charge in [-0.05, 0) is 25.7 Å². The van der Waals surface area contributed by atoms with E-state index in [1.165, 1.54) is 31.9 Å². The predicted octanol–water partition coefficient (Wildman–Crippen LogP) is 1.20. The molecule has 1 aliphatic rings. The number of nitrogens with one attached hydrogen (secondary N) is 1. The number of hydrogen-bond acceptors (Lipinski definition) is 3. The second kappa shape index (κ2) is 5.12. The fourth-order valence-electron chi connectivity index (χ4n) is 2.10. The molecule has 1 unspecified atom stereocenters. The van der Waals surface area contributed by atoms with E-state index in [0.29, 0.717) is 12.6 Å². The van der Waals surface area contributed by atoms with E-state index in [9.17, 15) is 8.42 Å². The minimum Gasteiger partial charge on any atom is -0.313 e. The molecule has 1 aliphatic carbocycles. The second-order valence-electron chi connectivity index (χ2n) is 4.42. The van der Waals surface area contributed by atoms with Crippen LogP contribution in [0.2, 0.25) is 0 Å². The van der Waals surface area contributed by atoms with E-state index >= 15 is 0 Å². The SMILES string of the molecule is CC(NCCS(C)(=O)=O)C1CCCC1.